The lowest BCUT2D eigenvalue weighted by Crippen LogP contribution is -2.50. The fourth-order valence-corrected chi connectivity index (χ4v) is 2.54. The number of ether oxygens (including phenoxy) is 1. The number of ketones is 1. The zero-order valence-corrected chi connectivity index (χ0v) is 17.4. The summed E-state index contributed by atoms with van der Waals surface area (Å²) in [5.74, 6) is -2.68. The number of benzene rings is 1. The summed E-state index contributed by atoms with van der Waals surface area (Å²) in [7, 11) is 0. The summed E-state index contributed by atoms with van der Waals surface area (Å²) in [6, 6.07) is 3.98. The summed E-state index contributed by atoms with van der Waals surface area (Å²) in [5, 5.41) is 2.40. The molecule has 1 rings (SSSR count). The molecule has 1 amide bonds. The van der Waals surface area contributed by atoms with Crippen molar-refractivity contribution < 1.29 is 32.3 Å². The van der Waals surface area contributed by atoms with Crippen LogP contribution >= 0.6 is 0 Å². The van der Waals surface area contributed by atoms with Crippen LogP contribution in [0.3, 0.4) is 0 Å². The topological polar surface area (TPSA) is 72.5 Å². The number of amides is 1. The minimum Gasteiger partial charge on any atom is -0.464 e. The first-order valence-corrected chi connectivity index (χ1v) is 9.48. The number of hydrogen-bond acceptors (Lipinski definition) is 4. The van der Waals surface area contributed by atoms with Gasteiger partial charge in [-0.3, -0.25) is 9.59 Å². The number of rotatable bonds is 9. The van der Waals surface area contributed by atoms with Crippen LogP contribution in [0.25, 0.3) is 0 Å². The van der Waals surface area contributed by atoms with Crippen molar-refractivity contribution in [1.29, 1.82) is 0 Å². The van der Waals surface area contributed by atoms with Gasteiger partial charge in [0.15, 0.2) is 0 Å². The van der Waals surface area contributed by atoms with Gasteiger partial charge in [-0.2, -0.15) is 13.2 Å². The smallest absolute Gasteiger partial charge is 0.416 e. The highest BCUT2D eigenvalue weighted by Gasteiger charge is 2.35. The van der Waals surface area contributed by atoms with Crippen molar-refractivity contribution in [3.63, 3.8) is 0 Å². The van der Waals surface area contributed by atoms with Crippen LogP contribution in [0.2, 0.25) is 0 Å². The molecule has 5 nitrogen and oxygen atoms in total. The van der Waals surface area contributed by atoms with E-state index in [0.717, 1.165) is 6.07 Å². The van der Waals surface area contributed by atoms with Crippen molar-refractivity contribution in [2.75, 3.05) is 6.61 Å². The molecule has 1 aromatic rings. The minimum absolute atomic E-state index is 0.0119. The molecule has 0 saturated carbocycles. The van der Waals surface area contributed by atoms with Gasteiger partial charge in [-0.1, -0.05) is 52.8 Å². The van der Waals surface area contributed by atoms with Crippen molar-refractivity contribution in [2.24, 2.45) is 11.3 Å². The Hall–Kier alpha value is -2.38. The zero-order valence-electron chi connectivity index (χ0n) is 17.4. The molecular weight excluding hydrogens is 387 g/mol. The molecule has 1 aromatic carbocycles. The fourth-order valence-electron chi connectivity index (χ4n) is 2.54. The molecular formula is C21H28F3NO4. The second-order valence-corrected chi connectivity index (χ2v) is 7.83. The van der Waals surface area contributed by atoms with Crippen LogP contribution in [-0.2, 0) is 31.7 Å². The van der Waals surface area contributed by atoms with Gasteiger partial charge in [0.1, 0.15) is 6.04 Å². The lowest BCUT2D eigenvalue weighted by molar-refractivity contribution is -0.151. The van der Waals surface area contributed by atoms with E-state index in [1.165, 1.54) is 18.2 Å². The third-order valence-corrected chi connectivity index (χ3v) is 4.85. The van der Waals surface area contributed by atoms with Gasteiger partial charge < -0.3 is 10.1 Å². The lowest BCUT2D eigenvalue weighted by Gasteiger charge is -2.24. The van der Waals surface area contributed by atoms with Crippen LogP contribution < -0.4 is 5.32 Å². The molecule has 0 aliphatic rings. The first-order chi connectivity index (χ1) is 13.3. The van der Waals surface area contributed by atoms with Gasteiger partial charge in [-0.05, 0) is 24.0 Å². The summed E-state index contributed by atoms with van der Waals surface area (Å²) in [5.41, 5.74) is -1.63. The van der Waals surface area contributed by atoms with Crippen molar-refractivity contribution in [3.8, 4) is 0 Å². The number of carbonyl (C=O) groups is 3. The van der Waals surface area contributed by atoms with E-state index in [2.05, 4.69) is 5.32 Å². The maximum Gasteiger partial charge on any atom is 0.416 e. The van der Waals surface area contributed by atoms with Crippen LogP contribution in [0.4, 0.5) is 13.2 Å². The Labute approximate surface area is 169 Å². The van der Waals surface area contributed by atoms with E-state index < -0.39 is 40.9 Å². The maximum atomic E-state index is 13.0. The summed E-state index contributed by atoms with van der Waals surface area (Å²) in [6.45, 7) is 8.10. The van der Waals surface area contributed by atoms with Gasteiger partial charge in [-0.15, -0.1) is 0 Å². The van der Waals surface area contributed by atoms with E-state index >= 15 is 0 Å². The molecule has 0 radical (unpaired) electrons. The van der Waals surface area contributed by atoms with Gasteiger partial charge in [-0.25, -0.2) is 4.79 Å². The van der Waals surface area contributed by atoms with E-state index in [0.29, 0.717) is 6.42 Å². The second kappa shape index (κ2) is 9.89. The van der Waals surface area contributed by atoms with Crippen molar-refractivity contribution in [3.05, 3.63) is 35.4 Å². The minimum atomic E-state index is -4.50. The van der Waals surface area contributed by atoms with Crippen molar-refractivity contribution in [2.45, 2.75) is 59.7 Å². The SMILES string of the molecule is CCC(C)(C)C(=O)C(=O)NC(C(=O)OCCc1ccccc1C(F)(F)F)C(C)C. The molecule has 0 heterocycles. The van der Waals surface area contributed by atoms with E-state index in [1.54, 1.807) is 34.6 Å². The van der Waals surface area contributed by atoms with Gasteiger partial charge in [0.25, 0.3) is 5.91 Å². The fraction of sp³-hybridized carbons (Fsp3) is 0.571. The monoisotopic (exact) mass is 415 g/mol. The van der Waals surface area contributed by atoms with Crippen LogP contribution in [0, 0.1) is 11.3 Å². The normalized spacial score (nSPS) is 13.1. The summed E-state index contributed by atoms with van der Waals surface area (Å²) in [4.78, 5) is 36.8. The molecule has 0 aliphatic heterocycles. The predicted octanol–water partition coefficient (Wildman–Crippen LogP) is 3.94. The molecule has 0 aliphatic carbocycles. The average Bonchev–Trinajstić information content (AvgIpc) is 2.64. The highest BCUT2D eigenvalue weighted by Crippen LogP contribution is 2.32. The Balaban J connectivity index is 2.76. The van der Waals surface area contributed by atoms with Crippen LogP contribution in [0.15, 0.2) is 24.3 Å². The van der Waals surface area contributed by atoms with Crippen LogP contribution in [0.5, 0.6) is 0 Å². The molecule has 0 aromatic heterocycles. The average molecular weight is 415 g/mol. The van der Waals surface area contributed by atoms with E-state index in [1.807, 2.05) is 0 Å². The van der Waals surface area contributed by atoms with Gasteiger partial charge in [0, 0.05) is 11.8 Å². The summed E-state index contributed by atoms with van der Waals surface area (Å²) in [6.07, 6.45) is -4.17. The summed E-state index contributed by atoms with van der Waals surface area (Å²) < 4.78 is 44.2. The maximum absolute atomic E-state index is 13.0. The Morgan fingerprint density at radius 3 is 2.21 bits per heavy atom. The molecule has 29 heavy (non-hydrogen) atoms. The Morgan fingerprint density at radius 1 is 1.10 bits per heavy atom. The third-order valence-electron chi connectivity index (χ3n) is 4.85. The Morgan fingerprint density at radius 2 is 1.69 bits per heavy atom. The van der Waals surface area contributed by atoms with Gasteiger partial charge in [0.05, 0.1) is 12.2 Å². The Kier molecular flexibility index (Phi) is 8.41. The Bertz CT molecular complexity index is 742. The molecule has 1 N–H and O–H groups in total. The number of carbonyl (C=O) groups excluding carboxylic acids is 3. The quantitative estimate of drug-likeness (QED) is 0.490. The standard InChI is InChI=1S/C21H28F3NO4/c1-6-20(4,5)17(26)18(27)25-16(13(2)3)19(28)29-12-11-14-9-7-8-10-15(14)21(22,23)24/h7-10,13,16H,6,11-12H2,1-5H3,(H,25,27). The molecule has 8 heteroatoms. The first kappa shape index (κ1) is 24.7. The first-order valence-electron chi connectivity index (χ1n) is 9.48. The highest BCUT2D eigenvalue weighted by molar-refractivity contribution is 6.38. The molecule has 0 saturated heterocycles. The highest BCUT2D eigenvalue weighted by atomic mass is 19.4. The third kappa shape index (κ3) is 6.87. The van der Waals surface area contributed by atoms with Crippen molar-refractivity contribution in [1.82, 2.24) is 5.32 Å². The van der Waals surface area contributed by atoms with E-state index in [-0.39, 0.29) is 24.5 Å². The molecule has 0 bridgehead atoms. The van der Waals surface area contributed by atoms with Gasteiger partial charge in [0.2, 0.25) is 5.78 Å². The number of hydrogen-bond donors (Lipinski definition) is 1. The number of esters is 1. The number of Topliss-reactive ketones (excluding diaryl/α,β-unsaturated/α-hetero) is 1. The summed E-state index contributed by atoms with van der Waals surface area (Å²) >= 11 is 0. The second-order valence-electron chi connectivity index (χ2n) is 7.83. The molecule has 1 atom stereocenters. The van der Waals surface area contributed by atoms with E-state index in [9.17, 15) is 27.6 Å². The van der Waals surface area contributed by atoms with E-state index in [4.69, 9.17) is 4.74 Å². The molecule has 0 fully saturated rings. The van der Waals surface area contributed by atoms with Gasteiger partial charge >= 0.3 is 12.1 Å². The number of nitrogens with one attached hydrogen (secondary N) is 1. The molecule has 0 spiro atoms. The number of alkyl halides is 3. The van der Waals surface area contributed by atoms with Crippen molar-refractivity contribution >= 4 is 17.7 Å². The lowest BCUT2D eigenvalue weighted by atomic mass is 9.84. The zero-order chi connectivity index (χ0) is 22.4. The predicted molar refractivity (Wildman–Crippen MR) is 102 cm³/mol. The molecule has 1 unspecified atom stereocenters. The largest absolute Gasteiger partial charge is 0.464 e. The van der Waals surface area contributed by atoms with Crippen LogP contribution in [0.1, 0.15) is 52.2 Å². The van der Waals surface area contributed by atoms with Crippen LogP contribution in [-0.4, -0.2) is 30.3 Å². The number of halogens is 3. The molecule has 162 valence electrons.